The molecule has 2 N–H and O–H groups in total. The van der Waals surface area contributed by atoms with Gasteiger partial charge in [-0.3, -0.25) is 4.79 Å². The third-order valence-corrected chi connectivity index (χ3v) is 6.08. The van der Waals surface area contributed by atoms with E-state index in [1.165, 1.54) is 0 Å². The van der Waals surface area contributed by atoms with Gasteiger partial charge in [0.25, 0.3) is 0 Å². The van der Waals surface area contributed by atoms with E-state index in [0.29, 0.717) is 0 Å². The fourth-order valence-corrected chi connectivity index (χ4v) is 4.93. The highest BCUT2D eigenvalue weighted by molar-refractivity contribution is 6.34. The van der Waals surface area contributed by atoms with Crippen LogP contribution < -0.4 is 0 Å². The van der Waals surface area contributed by atoms with Crippen LogP contribution in [0.5, 0.6) is 0 Å². The highest BCUT2D eigenvalue weighted by atomic mass is 16.1. The highest BCUT2D eigenvalue weighted by Gasteiger charge is 2.32. The van der Waals surface area contributed by atoms with Gasteiger partial charge in [0.2, 0.25) is 0 Å². The zero-order valence-corrected chi connectivity index (χ0v) is 14.8. The van der Waals surface area contributed by atoms with Gasteiger partial charge in [-0.2, -0.15) is 0 Å². The minimum absolute atomic E-state index is 0.115. The Kier molecular flexibility index (Phi) is 2.39. The van der Waals surface area contributed by atoms with Crippen molar-refractivity contribution in [3.63, 3.8) is 0 Å². The first-order chi connectivity index (χ1) is 13.8. The predicted molar refractivity (Wildman–Crippen MR) is 114 cm³/mol. The number of para-hydroxylation sites is 2. The first-order valence-corrected chi connectivity index (χ1v) is 9.43. The maximum absolute atomic E-state index is 13.3. The minimum Gasteiger partial charge on any atom is -0.354 e. The lowest BCUT2D eigenvalue weighted by atomic mass is 9.95. The molecule has 0 fully saturated rings. The Bertz CT molecular complexity index is 1510. The molecule has 1 aliphatic rings. The quantitative estimate of drug-likeness (QED) is 0.335. The van der Waals surface area contributed by atoms with E-state index in [4.69, 9.17) is 0 Å². The molecule has 0 spiro atoms. The van der Waals surface area contributed by atoms with E-state index < -0.39 is 0 Å². The Labute approximate surface area is 159 Å². The molecule has 130 valence electrons. The van der Waals surface area contributed by atoms with Crippen LogP contribution in [0.4, 0.5) is 0 Å². The number of hydrogen-bond donors (Lipinski definition) is 2. The van der Waals surface area contributed by atoms with Crippen molar-refractivity contribution in [3.05, 3.63) is 83.9 Å². The van der Waals surface area contributed by atoms with Gasteiger partial charge < -0.3 is 9.97 Å². The topological polar surface area (TPSA) is 48.6 Å². The predicted octanol–water partition coefficient (Wildman–Crippen LogP) is 6.17. The fourth-order valence-electron chi connectivity index (χ4n) is 4.93. The molecule has 0 radical (unpaired) electrons. The average molecular weight is 358 g/mol. The van der Waals surface area contributed by atoms with Crippen LogP contribution in [-0.4, -0.2) is 15.8 Å². The van der Waals surface area contributed by atoms with Crippen molar-refractivity contribution in [2.24, 2.45) is 0 Å². The zero-order valence-electron chi connectivity index (χ0n) is 14.8. The van der Waals surface area contributed by atoms with Gasteiger partial charge in [0, 0.05) is 65.9 Å². The third-order valence-electron chi connectivity index (χ3n) is 6.08. The normalized spacial score (nSPS) is 13.1. The number of aromatic amines is 2. The van der Waals surface area contributed by atoms with Crippen LogP contribution in [0.2, 0.25) is 0 Å². The van der Waals surface area contributed by atoms with E-state index >= 15 is 0 Å². The number of aromatic nitrogens is 2. The molecule has 0 aliphatic heterocycles. The first kappa shape index (κ1) is 14.2. The first-order valence-electron chi connectivity index (χ1n) is 9.43. The number of nitrogens with one attached hydrogen (secondary N) is 2. The Morgan fingerprint density at radius 2 is 0.964 bits per heavy atom. The van der Waals surface area contributed by atoms with Crippen LogP contribution >= 0.6 is 0 Å². The van der Waals surface area contributed by atoms with Crippen molar-refractivity contribution in [2.45, 2.75) is 0 Å². The number of rotatable bonds is 0. The van der Waals surface area contributed by atoms with Crippen molar-refractivity contribution in [2.75, 3.05) is 0 Å². The monoisotopic (exact) mass is 358 g/mol. The molecule has 2 heterocycles. The van der Waals surface area contributed by atoms with Crippen molar-refractivity contribution in [1.82, 2.24) is 9.97 Å². The van der Waals surface area contributed by atoms with Crippen LogP contribution in [0, 0.1) is 0 Å². The number of carbonyl (C=O) groups excluding carboxylic acids is 1. The Morgan fingerprint density at radius 3 is 1.46 bits per heavy atom. The molecule has 3 nitrogen and oxygen atoms in total. The number of H-pyrrole nitrogens is 2. The average Bonchev–Trinajstić information content (AvgIpc) is 3.37. The van der Waals surface area contributed by atoms with E-state index in [0.717, 1.165) is 65.9 Å². The van der Waals surface area contributed by atoms with Crippen molar-refractivity contribution in [1.29, 1.82) is 0 Å². The van der Waals surface area contributed by atoms with Crippen LogP contribution in [-0.2, 0) is 0 Å². The van der Waals surface area contributed by atoms with Gasteiger partial charge in [-0.05, 0) is 36.4 Å². The molecule has 0 saturated carbocycles. The molecule has 0 unspecified atom stereocenters. The fraction of sp³-hybridized carbons (Fsp3) is 0. The summed E-state index contributed by atoms with van der Waals surface area (Å²) in [5.41, 5.74) is 8.04. The molecule has 7 rings (SSSR count). The van der Waals surface area contributed by atoms with E-state index in [-0.39, 0.29) is 5.78 Å². The van der Waals surface area contributed by atoms with Crippen molar-refractivity contribution < 1.29 is 4.79 Å². The van der Waals surface area contributed by atoms with Crippen LogP contribution in [0.3, 0.4) is 0 Å². The molecule has 0 bridgehead atoms. The SMILES string of the molecule is O=C1c2ccc3[nH]c4ccccc4c3c2-c2c1ccc1[nH]c3ccccc3c21. The highest BCUT2D eigenvalue weighted by Crippen LogP contribution is 2.48. The summed E-state index contributed by atoms with van der Waals surface area (Å²) in [6, 6.07) is 24.6. The molecule has 28 heavy (non-hydrogen) atoms. The van der Waals surface area contributed by atoms with Crippen LogP contribution in [0.25, 0.3) is 54.7 Å². The molecule has 0 saturated heterocycles. The van der Waals surface area contributed by atoms with Crippen LogP contribution in [0.1, 0.15) is 15.9 Å². The molecule has 4 aromatic carbocycles. The second-order valence-corrected chi connectivity index (χ2v) is 7.49. The molecule has 2 aromatic heterocycles. The summed E-state index contributed by atoms with van der Waals surface area (Å²) < 4.78 is 0. The molecule has 0 atom stereocenters. The zero-order chi connectivity index (χ0) is 18.4. The minimum atomic E-state index is 0.115. The Balaban J connectivity index is 1.78. The summed E-state index contributed by atoms with van der Waals surface area (Å²) in [4.78, 5) is 20.3. The summed E-state index contributed by atoms with van der Waals surface area (Å²) in [6.07, 6.45) is 0. The molecular weight excluding hydrogens is 344 g/mol. The number of hydrogen-bond acceptors (Lipinski definition) is 1. The van der Waals surface area contributed by atoms with Crippen LogP contribution in [0.15, 0.2) is 72.8 Å². The molecule has 0 amide bonds. The van der Waals surface area contributed by atoms with Crippen molar-refractivity contribution >= 4 is 49.4 Å². The molecule has 6 aromatic rings. The second-order valence-electron chi connectivity index (χ2n) is 7.49. The lowest BCUT2D eigenvalue weighted by Gasteiger charge is -2.06. The maximum Gasteiger partial charge on any atom is 0.194 e. The summed E-state index contributed by atoms with van der Waals surface area (Å²) in [6.45, 7) is 0. The van der Waals surface area contributed by atoms with E-state index in [2.05, 4.69) is 46.4 Å². The Hall–Kier alpha value is -3.85. The van der Waals surface area contributed by atoms with Gasteiger partial charge >= 0.3 is 0 Å². The van der Waals surface area contributed by atoms with Gasteiger partial charge in [-0.15, -0.1) is 0 Å². The molecule has 1 aliphatic carbocycles. The summed E-state index contributed by atoms with van der Waals surface area (Å²) in [5, 5.41) is 4.59. The molecule has 3 heteroatoms. The smallest absolute Gasteiger partial charge is 0.194 e. The number of benzene rings is 4. The maximum atomic E-state index is 13.3. The number of fused-ring (bicyclic) bond motifs is 11. The van der Waals surface area contributed by atoms with Gasteiger partial charge in [0.05, 0.1) is 0 Å². The van der Waals surface area contributed by atoms with E-state index in [1.807, 2.05) is 36.4 Å². The van der Waals surface area contributed by atoms with Crippen molar-refractivity contribution in [3.8, 4) is 11.1 Å². The van der Waals surface area contributed by atoms with Gasteiger partial charge in [-0.25, -0.2) is 0 Å². The van der Waals surface area contributed by atoms with E-state index in [9.17, 15) is 4.79 Å². The lowest BCUT2D eigenvalue weighted by Crippen LogP contribution is -1.94. The molecular formula is C25H14N2O. The number of ketones is 1. The third kappa shape index (κ3) is 1.54. The largest absolute Gasteiger partial charge is 0.354 e. The Morgan fingerprint density at radius 1 is 0.500 bits per heavy atom. The van der Waals surface area contributed by atoms with Gasteiger partial charge in [0.15, 0.2) is 5.78 Å². The number of carbonyl (C=O) groups is 1. The van der Waals surface area contributed by atoms with E-state index in [1.54, 1.807) is 0 Å². The summed E-state index contributed by atoms with van der Waals surface area (Å²) >= 11 is 0. The summed E-state index contributed by atoms with van der Waals surface area (Å²) in [5.74, 6) is 0.115. The lowest BCUT2D eigenvalue weighted by molar-refractivity contribution is 0.104. The van der Waals surface area contributed by atoms with Gasteiger partial charge in [-0.1, -0.05) is 36.4 Å². The van der Waals surface area contributed by atoms with Gasteiger partial charge in [0.1, 0.15) is 0 Å². The standard InChI is InChI=1S/C25H14N2O/c28-25-15-9-11-19-21(13-5-1-3-7-17(13)26-19)23(15)24-16(25)10-12-20-22(24)14-6-2-4-8-18(14)27-20/h1-12,26-27H. The summed E-state index contributed by atoms with van der Waals surface area (Å²) in [7, 11) is 0. The second kappa shape index (κ2) is 4.70.